The van der Waals surface area contributed by atoms with Gasteiger partial charge >= 0.3 is 0 Å². The second-order valence-corrected chi connectivity index (χ2v) is 0. The van der Waals surface area contributed by atoms with Gasteiger partial charge in [0.1, 0.15) is 0 Å². The van der Waals surface area contributed by atoms with Crippen LogP contribution in [0.2, 0.25) is 0 Å². The van der Waals surface area contributed by atoms with Crippen LogP contribution in [0.5, 0.6) is 0 Å². The lowest BCUT2D eigenvalue weighted by Crippen LogP contribution is -0.552. The lowest BCUT2D eigenvalue weighted by molar-refractivity contribution is 0.823. The molecule has 0 aromatic rings. The first-order valence-electron chi connectivity index (χ1n) is 0.500. The lowest BCUT2D eigenvalue weighted by Gasteiger charge is -0.813. The molecule has 0 amide bonds. The fourth-order valence-corrected chi connectivity index (χ4v) is 0. The van der Waals surface area contributed by atoms with Crippen molar-refractivity contribution in [1.29, 1.82) is 0 Å². The van der Waals surface area contributed by atoms with Crippen molar-refractivity contribution in [2.45, 2.75) is 0 Å². The Bertz CT molecular complexity index is 4.85. The molecule has 0 aromatic heterocycles. The van der Waals surface area contributed by atoms with Crippen LogP contribution in [0.15, 0.2) is 13.2 Å². The standard InChI is InChI=1S/C2H4.3H2O/c1-2;;;/h1-2H2;3*1H2. The number of rotatable bonds is 0. The Labute approximate surface area is 30.9 Å². The first kappa shape index (κ1) is 157. The van der Waals surface area contributed by atoms with Gasteiger partial charge in [-0.3, -0.25) is 0 Å². The molecule has 0 atom stereocenters. The van der Waals surface area contributed by atoms with Gasteiger partial charge < -0.3 is 16.4 Å². The van der Waals surface area contributed by atoms with Crippen molar-refractivity contribution in [3.8, 4) is 0 Å². The van der Waals surface area contributed by atoms with Crippen molar-refractivity contribution >= 4 is 0 Å². The molecule has 0 unspecified atom stereocenters. The van der Waals surface area contributed by atoms with Crippen LogP contribution in [0.4, 0.5) is 0 Å². The van der Waals surface area contributed by atoms with E-state index in [1.54, 1.807) is 0 Å². The van der Waals surface area contributed by atoms with E-state index in [0.29, 0.717) is 0 Å². The largest absolute Gasteiger partial charge is 0.412 e. The highest BCUT2D eigenvalue weighted by Gasteiger charge is 0.601. The monoisotopic (exact) mass is 82.1 g/mol. The summed E-state index contributed by atoms with van der Waals surface area (Å²) in [5.74, 6) is 0. The Balaban J connectivity index is -0.00000000167. The van der Waals surface area contributed by atoms with Crippen LogP contribution >= 0.6 is 0 Å². The fourth-order valence-electron chi connectivity index (χ4n) is 0. The van der Waals surface area contributed by atoms with Gasteiger partial charge in [-0.05, 0) is 0 Å². The Morgan fingerprint density at radius 1 is 0.600 bits per heavy atom. The average molecular weight is 82.1 g/mol. The molecule has 3 heteroatoms. The number of hydrogen-bond donors (Lipinski definition) is 0. The molecule has 3 nitrogen and oxygen atoms in total. The Morgan fingerprint density at radius 2 is 0.600 bits per heavy atom. The molecule has 0 saturated heterocycles. The molecule has 0 spiro atoms. The summed E-state index contributed by atoms with van der Waals surface area (Å²) in [4.78, 5) is 0. The van der Waals surface area contributed by atoms with E-state index in [1.807, 2.05) is 0 Å². The van der Waals surface area contributed by atoms with E-state index in [2.05, 4.69) is 13.2 Å². The van der Waals surface area contributed by atoms with E-state index in [-0.39, 0.29) is 16.4 Å². The van der Waals surface area contributed by atoms with Crippen molar-refractivity contribution in [2.75, 3.05) is 0 Å². The molecular weight excluding hydrogens is 72.0 g/mol. The van der Waals surface area contributed by atoms with Gasteiger partial charge in [-0.1, -0.05) is 0 Å². The Morgan fingerprint density at radius 3 is 0.600 bits per heavy atom. The Kier molecular flexibility index (Phi) is 5420. The van der Waals surface area contributed by atoms with E-state index in [9.17, 15) is 0 Å². The molecule has 0 heterocycles. The molecule has 0 bridgehead atoms. The highest BCUT2D eigenvalue weighted by molar-refractivity contribution is 4.22. The summed E-state index contributed by atoms with van der Waals surface area (Å²) < 4.78 is 0. The van der Waals surface area contributed by atoms with Gasteiger partial charge in [-0.15, -0.1) is 13.2 Å². The van der Waals surface area contributed by atoms with Crippen molar-refractivity contribution in [2.24, 2.45) is 0 Å². The number of hydrogen-bond acceptors (Lipinski definition) is 0. The molecule has 0 aliphatic heterocycles. The van der Waals surface area contributed by atoms with Gasteiger partial charge in [0.25, 0.3) is 0 Å². The van der Waals surface area contributed by atoms with Crippen LogP contribution < -0.4 is 0 Å². The molecule has 0 fully saturated rings. The zero-order valence-electron chi connectivity index (χ0n) is 2.91. The molecule has 0 radical (unpaired) electrons. The van der Waals surface area contributed by atoms with Gasteiger partial charge in [0.2, 0.25) is 0 Å². The topological polar surface area (TPSA) is 94.5 Å². The molecule has 0 aromatic carbocycles. The highest BCUT2D eigenvalue weighted by Crippen LogP contribution is 0.862. The molecule has 0 aliphatic rings. The van der Waals surface area contributed by atoms with Gasteiger partial charge in [0.15, 0.2) is 0 Å². The van der Waals surface area contributed by atoms with Crippen molar-refractivity contribution in [3.05, 3.63) is 13.2 Å². The smallest absolute Gasteiger partial charge is 0.106 e. The summed E-state index contributed by atoms with van der Waals surface area (Å²) in [5, 5.41) is 0. The summed E-state index contributed by atoms with van der Waals surface area (Å²) in [7, 11) is 0. The quantitative estimate of drug-likeness (QED) is 0.312. The molecule has 5 heavy (non-hydrogen) atoms. The first-order valence-corrected chi connectivity index (χ1v) is 0.500. The fraction of sp³-hybridized carbons (Fsp3) is 0. The van der Waals surface area contributed by atoms with E-state index in [1.165, 1.54) is 0 Å². The van der Waals surface area contributed by atoms with Crippen molar-refractivity contribution in [1.82, 2.24) is 0 Å². The minimum Gasteiger partial charge on any atom is -0.412 e. The van der Waals surface area contributed by atoms with Crippen molar-refractivity contribution < 1.29 is 16.4 Å². The normalized spacial score (nSPS) is 0.800. The highest BCUT2D eigenvalue weighted by atomic mass is 16.0. The molecule has 0 saturated carbocycles. The molecular formula is C2H10O3. The minimum absolute atomic E-state index is 0. The third-order valence-corrected chi connectivity index (χ3v) is 0. The molecule has 0 rings (SSSR count). The summed E-state index contributed by atoms with van der Waals surface area (Å²) in [5.41, 5.74) is 0. The maximum atomic E-state index is 3.00. The lowest BCUT2D eigenvalue weighted by atomic mass is 11.3. The molecule has 0 aliphatic carbocycles. The molecule has 36 valence electrons. The first-order chi connectivity index (χ1) is 1.00. The summed E-state index contributed by atoms with van der Waals surface area (Å²) >= 11 is 0. The minimum atomic E-state index is 0. The third kappa shape index (κ3) is 65.8. The van der Waals surface area contributed by atoms with Gasteiger partial charge in [-0.25, -0.2) is 0 Å². The third-order valence-electron chi connectivity index (χ3n) is 0. The second kappa shape index (κ2) is 172. The maximum absolute atomic E-state index is 3.00. The zero-order chi connectivity index (χ0) is 2.00. The van der Waals surface area contributed by atoms with Gasteiger partial charge in [-0.2, -0.15) is 0 Å². The van der Waals surface area contributed by atoms with Crippen LogP contribution in [0.3, 0.4) is 0 Å². The van der Waals surface area contributed by atoms with Crippen LogP contribution in [0, 0.1) is 0 Å². The van der Waals surface area contributed by atoms with E-state index in [4.69, 9.17) is 0 Å². The maximum Gasteiger partial charge on any atom is -0.106 e. The SMILES string of the molecule is C=C.O.O.O. The Hall–Kier alpha value is -0.380. The van der Waals surface area contributed by atoms with Crippen LogP contribution in [-0.4, -0.2) is 16.4 Å². The van der Waals surface area contributed by atoms with E-state index in [0.717, 1.165) is 0 Å². The predicted octanol–water partition coefficient (Wildman–Crippen LogP) is -1.67. The van der Waals surface area contributed by atoms with E-state index >= 15 is 0 Å². The summed E-state index contributed by atoms with van der Waals surface area (Å²) in [6.45, 7) is 6.00. The van der Waals surface area contributed by atoms with Crippen LogP contribution in [0.25, 0.3) is 0 Å². The van der Waals surface area contributed by atoms with E-state index < -0.39 is 0 Å². The van der Waals surface area contributed by atoms with Gasteiger partial charge in [0.05, 0.1) is 0 Å². The molecule has 6 N–H and O–H groups in total. The van der Waals surface area contributed by atoms with Gasteiger partial charge in [0, 0.05) is 0 Å². The van der Waals surface area contributed by atoms with Crippen LogP contribution in [0.1, 0.15) is 0 Å². The zero-order valence-corrected chi connectivity index (χ0v) is 2.91. The average Bonchev–Trinajstić information content (AvgIpc) is 1.00. The second-order valence-electron chi connectivity index (χ2n) is 0. The summed E-state index contributed by atoms with van der Waals surface area (Å²) in [6.07, 6.45) is 0. The van der Waals surface area contributed by atoms with Crippen LogP contribution in [-0.2, 0) is 0 Å². The van der Waals surface area contributed by atoms with Crippen molar-refractivity contribution in [3.63, 3.8) is 0 Å². The predicted molar refractivity (Wildman–Crippen MR) is 22.1 cm³/mol. The summed E-state index contributed by atoms with van der Waals surface area (Å²) in [6, 6.07) is 0.